The van der Waals surface area contributed by atoms with Crippen molar-refractivity contribution in [3.05, 3.63) is 120 Å². The number of urea groups is 1. The van der Waals surface area contributed by atoms with Crippen LogP contribution in [0.1, 0.15) is 29.5 Å². The standard InChI is InChI=1S/C32H32N4O2/c33-21-6-22-36-32(38)35(23-25-11-16-27(17-12-25)26-7-2-1-3-8-26)31-10-5-4-9-29(31)30(34-36)20-15-24-13-18-28(37)19-14-24/h1-5,7-14,16-19,37H,6,15,20-23,33H2. The highest BCUT2D eigenvalue weighted by atomic mass is 16.3. The van der Waals surface area contributed by atoms with Crippen LogP contribution in [-0.2, 0) is 13.0 Å². The maximum Gasteiger partial charge on any atom is 0.345 e. The molecular formula is C32H32N4O2. The normalized spacial score (nSPS) is 13.2. The second kappa shape index (κ2) is 11.8. The Morgan fingerprint density at radius 2 is 1.39 bits per heavy atom. The summed E-state index contributed by atoms with van der Waals surface area (Å²) in [5.41, 5.74) is 12.9. The first-order valence-corrected chi connectivity index (χ1v) is 13.0. The number of hydrogen-bond acceptors (Lipinski definition) is 4. The van der Waals surface area contributed by atoms with E-state index in [-0.39, 0.29) is 11.8 Å². The van der Waals surface area contributed by atoms with Crippen LogP contribution in [0.4, 0.5) is 10.5 Å². The zero-order valence-corrected chi connectivity index (χ0v) is 21.3. The number of nitrogens with two attached hydrogens (primary N) is 1. The van der Waals surface area contributed by atoms with E-state index in [1.807, 2.05) is 59.5 Å². The number of carbonyl (C=O) groups is 1. The molecule has 1 heterocycles. The predicted molar refractivity (Wildman–Crippen MR) is 153 cm³/mol. The molecule has 38 heavy (non-hydrogen) atoms. The minimum absolute atomic E-state index is 0.155. The molecule has 6 nitrogen and oxygen atoms in total. The van der Waals surface area contributed by atoms with Crippen LogP contribution >= 0.6 is 0 Å². The Bertz CT molecular complexity index is 1400. The average Bonchev–Trinajstić information content (AvgIpc) is 3.07. The first kappa shape index (κ1) is 25.2. The van der Waals surface area contributed by atoms with Gasteiger partial charge >= 0.3 is 6.03 Å². The summed E-state index contributed by atoms with van der Waals surface area (Å²) < 4.78 is 0. The maximum absolute atomic E-state index is 13.8. The smallest absolute Gasteiger partial charge is 0.345 e. The lowest BCUT2D eigenvalue weighted by molar-refractivity contribution is 0.206. The Hall–Kier alpha value is -4.42. The van der Waals surface area contributed by atoms with Gasteiger partial charge in [0.2, 0.25) is 0 Å². The number of benzene rings is 4. The molecular weight excluding hydrogens is 472 g/mol. The quantitative estimate of drug-likeness (QED) is 0.285. The van der Waals surface area contributed by atoms with Gasteiger partial charge in [-0.25, -0.2) is 9.80 Å². The van der Waals surface area contributed by atoms with Crippen molar-refractivity contribution in [2.45, 2.75) is 25.8 Å². The second-order valence-electron chi connectivity index (χ2n) is 9.43. The lowest BCUT2D eigenvalue weighted by atomic mass is 9.99. The van der Waals surface area contributed by atoms with Gasteiger partial charge in [-0.15, -0.1) is 0 Å². The minimum Gasteiger partial charge on any atom is -0.508 e. The molecule has 0 saturated carbocycles. The lowest BCUT2D eigenvalue weighted by Gasteiger charge is -2.26. The van der Waals surface area contributed by atoms with Gasteiger partial charge in [0.25, 0.3) is 0 Å². The molecule has 0 spiro atoms. The molecule has 0 bridgehead atoms. The van der Waals surface area contributed by atoms with Gasteiger partial charge in [-0.1, -0.05) is 84.9 Å². The van der Waals surface area contributed by atoms with E-state index in [0.29, 0.717) is 32.5 Å². The summed E-state index contributed by atoms with van der Waals surface area (Å²) in [4.78, 5) is 15.7. The Labute approximate surface area is 223 Å². The van der Waals surface area contributed by atoms with E-state index in [2.05, 4.69) is 36.4 Å². The highest BCUT2D eigenvalue weighted by Gasteiger charge is 2.29. The third-order valence-electron chi connectivity index (χ3n) is 6.76. The number of para-hydroxylation sites is 1. The summed E-state index contributed by atoms with van der Waals surface area (Å²) in [5.74, 6) is 0.247. The fourth-order valence-corrected chi connectivity index (χ4v) is 4.70. The summed E-state index contributed by atoms with van der Waals surface area (Å²) >= 11 is 0. The monoisotopic (exact) mass is 504 g/mol. The van der Waals surface area contributed by atoms with Gasteiger partial charge in [0, 0.05) is 12.1 Å². The summed E-state index contributed by atoms with van der Waals surface area (Å²) in [6.45, 7) is 1.37. The zero-order chi connectivity index (χ0) is 26.3. The third kappa shape index (κ3) is 5.76. The van der Waals surface area contributed by atoms with E-state index in [0.717, 1.165) is 45.6 Å². The molecule has 0 fully saturated rings. The van der Waals surface area contributed by atoms with Crippen molar-refractivity contribution >= 4 is 17.4 Å². The zero-order valence-electron chi connectivity index (χ0n) is 21.3. The number of aryl methyl sites for hydroxylation is 1. The molecule has 0 saturated heterocycles. The molecule has 2 amide bonds. The molecule has 0 aromatic heterocycles. The van der Waals surface area contributed by atoms with Crippen molar-refractivity contribution in [2.75, 3.05) is 18.0 Å². The highest BCUT2D eigenvalue weighted by Crippen LogP contribution is 2.30. The molecule has 5 rings (SSSR count). The molecule has 0 unspecified atom stereocenters. The van der Waals surface area contributed by atoms with Gasteiger partial charge in [0.15, 0.2) is 0 Å². The van der Waals surface area contributed by atoms with Crippen LogP contribution < -0.4 is 10.6 Å². The van der Waals surface area contributed by atoms with E-state index >= 15 is 0 Å². The number of hydrogen-bond donors (Lipinski definition) is 2. The van der Waals surface area contributed by atoms with E-state index in [9.17, 15) is 9.90 Å². The van der Waals surface area contributed by atoms with Crippen LogP contribution in [0.5, 0.6) is 5.75 Å². The van der Waals surface area contributed by atoms with E-state index in [1.165, 1.54) is 0 Å². The number of nitrogens with zero attached hydrogens (tertiary/aromatic N) is 3. The molecule has 0 atom stereocenters. The molecule has 1 aliphatic heterocycles. The van der Waals surface area contributed by atoms with Gasteiger partial charge in [-0.3, -0.25) is 4.90 Å². The number of carbonyl (C=O) groups excluding carboxylic acids is 1. The Kier molecular flexibility index (Phi) is 7.81. The van der Waals surface area contributed by atoms with Gasteiger partial charge in [0.1, 0.15) is 5.75 Å². The van der Waals surface area contributed by atoms with E-state index in [4.69, 9.17) is 10.8 Å². The first-order valence-electron chi connectivity index (χ1n) is 13.0. The molecule has 6 heteroatoms. The van der Waals surface area contributed by atoms with Crippen LogP contribution in [-0.4, -0.2) is 34.9 Å². The van der Waals surface area contributed by atoms with Crippen LogP contribution in [0.3, 0.4) is 0 Å². The minimum atomic E-state index is -0.155. The maximum atomic E-state index is 13.8. The number of fused-ring (bicyclic) bond motifs is 1. The van der Waals surface area contributed by atoms with Crippen LogP contribution in [0.25, 0.3) is 11.1 Å². The summed E-state index contributed by atoms with van der Waals surface area (Å²) in [7, 11) is 0. The molecule has 192 valence electrons. The number of phenolic OH excluding ortho intramolecular Hbond substituents is 1. The van der Waals surface area contributed by atoms with Crippen molar-refractivity contribution in [2.24, 2.45) is 10.8 Å². The molecule has 4 aromatic rings. The number of phenols is 1. The molecule has 3 N–H and O–H groups in total. The van der Waals surface area contributed by atoms with Crippen LogP contribution in [0.2, 0.25) is 0 Å². The number of aromatic hydroxyl groups is 1. The number of rotatable bonds is 9. The molecule has 1 aliphatic rings. The van der Waals surface area contributed by atoms with Crippen molar-refractivity contribution in [3.8, 4) is 16.9 Å². The number of hydrazone groups is 1. The number of amides is 2. The van der Waals surface area contributed by atoms with Crippen molar-refractivity contribution in [3.63, 3.8) is 0 Å². The van der Waals surface area contributed by atoms with Crippen molar-refractivity contribution in [1.82, 2.24) is 5.01 Å². The first-order chi connectivity index (χ1) is 18.6. The highest BCUT2D eigenvalue weighted by molar-refractivity contribution is 6.10. The lowest BCUT2D eigenvalue weighted by Crippen LogP contribution is -2.40. The van der Waals surface area contributed by atoms with Crippen LogP contribution in [0.15, 0.2) is 108 Å². The fourth-order valence-electron chi connectivity index (χ4n) is 4.70. The number of anilines is 1. The average molecular weight is 505 g/mol. The van der Waals surface area contributed by atoms with Gasteiger partial charge < -0.3 is 10.8 Å². The van der Waals surface area contributed by atoms with E-state index < -0.39 is 0 Å². The predicted octanol–water partition coefficient (Wildman–Crippen LogP) is 6.19. The van der Waals surface area contributed by atoms with Crippen LogP contribution in [0, 0.1) is 0 Å². The Morgan fingerprint density at radius 3 is 2.13 bits per heavy atom. The molecule has 4 aromatic carbocycles. The topological polar surface area (TPSA) is 82.2 Å². The van der Waals surface area contributed by atoms with Gasteiger partial charge in [-0.05, 0) is 66.3 Å². The van der Waals surface area contributed by atoms with Gasteiger partial charge in [0.05, 0.1) is 17.9 Å². The second-order valence-corrected chi connectivity index (χ2v) is 9.43. The summed E-state index contributed by atoms with van der Waals surface area (Å²) in [6, 6.07) is 33.7. The Morgan fingerprint density at radius 1 is 0.737 bits per heavy atom. The largest absolute Gasteiger partial charge is 0.508 e. The SMILES string of the molecule is NCCCN1N=C(CCc2ccc(O)cc2)c2ccccc2N(Cc2ccc(-c3ccccc3)cc2)C1=O. The fraction of sp³-hybridized carbons (Fsp3) is 0.188. The van der Waals surface area contributed by atoms with Crippen molar-refractivity contribution < 1.29 is 9.90 Å². The third-order valence-corrected chi connectivity index (χ3v) is 6.76. The Balaban J connectivity index is 1.44. The van der Waals surface area contributed by atoms with Crippen molar-refractivity contribution in [1.29, 1.82) is 0 Å². The van der Waals surface area contributed by atoms with E-state index in [1.54, 1.807) is 17.1 Å². The molecule has 0 radical (unpaired) electrons. The summed E-state index contributed by atoms with van der Waals surface area (Å²) in [6.07, 6.45) is 2.07. The summed E-state index contributed by atoms with van der Waals surface area (Å²) in [5, 5.41) is 16.1. The molecule has 0 aliphatic carbocycles. The van der Waals surface area contributed by atoms with Gasteiger partial charge in [-0.2, -0.15) is 5.10 Å².